The Morgan fingerprint density at radius 2 is 1.95 bits per heavy atom. The van der Waals surface area contributed by atoms with Gasteiger partial charge in [-0.05, 0) is 25.1 Å². The van der Waals surface area contributed by atoms with Crippen molar-refractivity contribution >= 4 is 29.6 Å². The molecule has 0 atom stereocenters. The lowest BCUT2D eigenvalue weighted by atomic mass is 10.1. The Morgan fingerprint density at radius 1 is 1.23 bits per heavy atom. The van der Waals surface area contributed by atoms with Crippen LogP contribution in [0.1, 0.15) is 12.5 Å². The van der Waals surface area contributed by atoms with Crippen molar-refractivity contribution in [1.29, 1.82) is 0 Å². The lowest BCUT2D eigenvalue weighted by Crippen LogP contribution is -2.34. The zero-order chi connectivity index (χ0) is 16.5. The van der Waals surface area contributed by atoms with Crippen LogP contribution in [0.4, 0.5) is 4.79 Å². The van der Waals surface area contributed by atoms with Gasteiger partial charge in [0.25, 0.3) is 5.91 Å². The molecular weight excluding hydrogens is 314 g/mol. The minimum Gasteiger partial charge on any atom is -0.496 e. The standard InChI is InChI=1S/C14H16ClNO6/c1-3-21-14(19)16-12(17)8-22-13(18)7-9-6-10(15)4-5-11(9)20-2/h4-6H,3,7-8H2,1-2H3,(H,16,17,19). The molecule has 7 nitrogen and oxygen atoms in total. The Bertz CT molecular complexity index is 560. The number of alkyl carbamates (subject to hydrolysis) is 1. The Hall–Kier alpha value is -2.28. The van der Waals surface area contributed by atoms with Gasteiger partial charge in [0.2, 0.25) is 0 Å². The molecule has 120 valence electrons. The number of carbonyl (C=O) groups is 3. The van der Waals surface area contributed by atoms with Crippen LogP contribution < -0.4 is 10.1 Å². The number of carbonyl (C=O) groups excluding carboxylic acids is 3. The summed E-state index contributed by atoms with van der Waals surface area (Å²) in [6.07, 6.45) is -1.00. The molecule has 2 amide bonds. The maximum atomic E-state index is 11.7. The maximum absolute atomic E-state index is 11.7. The fraction of sp³-hybridized carbons (Fsp3) is 0.357. The Morgan fingerprint density at radius 3 is 2.59 bits per heavy atom. The molecule has 0 saturated heterocycles. The highest BCUT2D eigenvalue weighted by Gasteiger charge is 2.14. The highest BCUT2D eigenvalue weighted by atomic mass is 35.5. The molecule has 0 spiro atoms. The van der Waals surface area contributed by atoms with Crippen molar-refractivity contribution in [2.24, 2.45) is 0 Å². The van der Waals surface area contributed by atoms with Crippen molar-refractivity contribution in [3.05, 3.63) is 28.8 Å². The molecule has 0 heterocycles. The van der Waals surface area contributed by atoms with Crippen LogP contribution in [0.25, 0.3) is 0 Å². The number of esters is 1. The first kappa shape index (κ1) is 17.8. The molecule has 0 aliphatic rings. The van der Waals surface area contributed by atoms with E-state index in [1.807, 2.05) is 5.32 Å². The highest BCUT2D eigenvalue weighted by Crippen LogP contribution is 2.23. The van der Waals surface area contributed by atoms with Gasteiger partial charge in [0.1, 0.15) is 5.75 Å². The molecule has 0 aliphatic carbocycles. The number of benzene rings is 1. The highest BCUT2D eigenvalue weighted by molar-refractivity contribution is 6.30. The van der Waals surface area contributed by atoms with Gasteiger partial charge in [-0.15, -0.1) is 0 Å². The second kappa shape index (κ2) is 8.89. The Labute approximate surface area is 132 Å². The second-order valence-corrected chi connectivity index (χ2v) is 4.50. The third kappa shape index (κ3) is 6.01. The van der Waals surface area contributed by atoms with Crippen LogP contribution in [0.2, 0.25) is 5.02 Å². The van der Waals surface area contributed by atoms with E-state index < -0.39 is 24.6 Å². The lowest BCUT2D eigenvalue weighted by molar-refractivity contribution is -0.147. The first-order valence-corrected chi connectivity index (χ1v) is 6.78. The molecule has 0 aliphatic heterocycles. The van der Waals surface area contributed by atoms with Gasteiger partial charge in [-0.3, -0.25) is 14.9 Å². The molecule has 0 saturated carbocycles. The predicted octanol–water partition coefficient (Wildman–Crippen LogP) is 1.71. The van der Waals surface area contributed by atoms with Crippen LogP contribution in [0.15, 0.2) is 18.2 Å². The number of imide groups is 1. The first-order valence-electron chi connectivity index (χ1n) is 6.41. The van der Waals surface area contributed by atoms with Crippen LogP contribution in [0.3, 0.4) is 0 Å². The van der Waals surface area contributed by atoms with E-state index in [1.54, 1.807) is 25.1 Å². The molecule has 8 heteroatoms. The van der Waals surface area contributed by atoms with E-state index in [2.05, 4.69) is 4.74 Å². The summed E-state index contributed by atoms with van der Waals surface area (Å²) in [6, 6.07) is 4.82. The van der Waals surface area contributed by atoms with Crippen LogP contribution in [0.5, 0.6) is 5.75 Å². The lowest BCUT2D eigenvalue weighted by Gasteiger charge is -2.09. The van der Waals surface area contributed by atoms with Gasteiger partial charge in [0.15, 0.2) is 6.61 Å². The summed E-state index contributed by atoms with van der Waals surface area (Å²) in [4.78, 5) is 34.0. The molecule has 0 unspecified atom stereocenters. The largest absolute Gasteiger partial charge is 0.496 e. The van der Waals surface area contributed by atoms with E-state index in [-0.39, 0.29) is 13.0 Å². The first-order chi connectivity index (χ1) is 10.5. The number of hydrogen-bond donors (Lipinski definition) is 1. The molecule has 0 aromatic heterocycles. The van der Waals surface area contributed by atoms with Crippen LogP contribution in [0, 0.1) is 0 Å². The molecule has 0 bridgehead atoms. The number of amides is 2. The number of hydrogen-bond acceptors (Lipinski definition) is 6. The Kier molecular flexibility index (Phi) is 7.18. The molecule has 1 rings (SSSR count). The van der Waals surface area contributed by atoms with Gasteiger partial charge in [0, 0.05) is 10.6 Å². The summed E-state index contributed by atoms with van der Waals surface area (Å²) in [5.41, 5.74) is 0.533. The van der Waals surface area contributed by atoms with Crippen molar-refractivity contribution in [2.45, 2.75) is 13.3 Å². The molecule has 22 heavy (non-hydrogen) atoms. The van der Waals surface area contributed by atoms with Crippen molar-refractivity contribution in [3.8, 4) is 5.75 Å². The topological polar surface area (TPSA) is 90.9 Å². The monoisotopic (exact) mass is 329 g/mol. The van der Waals surface area contributed by atoms with E-state index in [0.717, 1.165) is 0 Å². The molecule has 1 aromatic carbocycles. The Balaban J connectivity index is 2.48. The van der Waals surface area contributed by atoms with E-state index >= 15 is 0 Å². The van der Waals surface area contributed by atoms with E-state index in [0.29, 0.717) is 16.3 Å². The fourth-order valence-corrected chi connectivity index (χ4v) is 1.75. The number of halogens is 1. The van der Waals surface area contributed by atoms with E-state index in [1.165, 1.54) is 7.11 Å². The van der Waals surface area contributed by atoms with Crippen LogP contribution in [-0.2, 0) is 25.5 Å². The van der Waals surface area contributed by atoms with Crippen molar-refractivity contribution in [2.75, 3.05) is 20.3 Å². The van der Waals surface area contributed by atoms with Crippen LogP contribution in [-0.4, -0.2) is 38.3 Å². The zero-order valence-corrected chi connectivity index (χ0v) is 12.9. The third-order valence-corrected chi connectivity index (χ3v) is 2.69. The average molecular weight is 330 g/mol. The molecule has 0 fully saturated rings. The molecule has 0 radical (unpaired) electrons. The van der Waals surface area contributed by atoms with Crippen molar-refractivity contribution in [1.82, 2.24) is 5.32 Å². The minimum atomic E-state index is -0.889. The maximum Gasteiger partial charge on any atom is 0.413 e. The summed E-state index contributed by atoms with van der Waals surface area (Å²) in [6.45, 7) is 1.15. The minimum absolute atomic E-state index is 0.115. The summed E-state index contributed by atoms with van der Waals surface area (Å²) in [5.74, 6) is -0.943. The number of rotatable bonds is 6. The smallest absolute Gasteiger partial charge is 0.413 e. The quantitative estimate of drug-likeness (QED) is 0.799. The number of methoxy groups -OCH3 is 1. The van der Waals surface area contributed by atoms with Crippen LogP contribution >= 0.6 is 11.6 Å². The zero-order valence-electron chi connectivity index (χ0n) is 12.2. The van der Waals surface area contributed by atoms with Gasteiger partial charge in [-0.25, -0.2) is 4.79 Å². The normalized spacial score (nSPS) is 9.77. The van der Waals surface area contributed by atoms with Gasteiger partial charge in [-0.1, -0.05) is 11.6 Å². The summed E-state index contributed by atoms with van der Waals surface area (Å²) in [5, 5.41) is 2.36. The summed E-state index contributed by atoms with van der Waals surface area (Å²) >= 11 is 5.85. The average Bonchev–Trinajstić information content (AvgIpc) is 2.45. The summed E-state index contributed by atoms with van der Waals surface area (Å²) < 4.78 is 14.4. The van der Waals surface area contributed by atoms with Crippen molar-refractivity contribution < 1.29 is 28.6 Å². The van der Waals surface area contributed by atoms with Gasteiger partial charge in [-0.2, -0.15) is 0 Å². The fourth-order valence-electron chi connectivity index (χ4n) is 1.55. The summed E-state index contributed by atoms with van der Waals surface area (Å²) in [7, 11) is 1.46. The number of ether oxygens (including phenoxy) is 3. The molecular formula is C14H16ClNO6. The van der Waals surface area contributed by atoms with E-state index in [9.17, 15) is 14.4 Å². The van der Waals surface area contributed by atoms with Gasteiger partial charge >= 0.3 is 12.1 Å². The number of nitrogens with one attached hydrogen (secondary N) is 1. The predicted molar refractivity (Wildman–Crippen MR) is 77.8 cm³/mol. The third-order valence-electron chi connectivity index (χ3n) is 2.46. The van der Waals surface area contributed by atoms with E-state index in [4.69, 9.17) is 21.1 Å². The van der Waals surface area contributed by atoms with Gasteiger partial charge < -0.3 is 14.2 Å². The molecule has 1 N–H and O–H groups in total. The van der Waals surface area contributed by atoms with Crippen molar-refractivity contribution in [3.63, 3.8) is 0 Å². The molecule has 1 aromatic rings. The van der Waals surface area contributed by atoms with Gasteiger partial charge in [0.05, 0.1) is 20.1 Å². The SMILES string of the molecule is CCOC(=O)NC(=O)COC(=O)Cc1cc(Cl)ccc1OC. The second-order valence-electron chi connectivity index (χ2n) is 4.06.